The monoisotopic (exact) mass is 214 g/mol. The van der Waals surface area contributed by atoms with Crippen LogP contribution < -0.4 is 5.73 Å². The van der Waals surface area contributed by atoms with Crippen molar-refractivity contribution in [2.45, 2.75) is 11.8 Å². The highest BCUT2D eigenvalue weighted by molar-refractivity contribution is 5.69. The highest BCUT2D eigenvalue weighted by Gasteiger charge is 2.09. The maximum atomic E-state index is 8.79. The van der Waals surface area contributed by atoms with Crippen LogP contribution in [0.4, 0.5) is 0 Å². The molecule has 82 valence electrons. The summed E-state index contributed by atoms with van der Waals surface area (Å²) in [6, 6.07) is 9.35. The molecule has 1 aromatic carbocycles. The van der Waals surface area contributed by atoms with E-state index >= 15 is 0 Å². The van der Waals surface area contributed by atoms with E-state index in [0.29, 0.717) is 6.54 Å². The average molecular weight is 214 g/mol. The normalized spacial score (nSPS) is 13.5. The molecule has 0 saturated carbocycles. The van der Waals surface area contributed by atoms with E-state index in [2.05, 4.69) is 0 Å². The third-order valence-corrected chi connectivity index (χ3v) is 2.48. The van der Waals surface area contributed by atoms with Crippen LogP contribution in [0.1, 0.15) is 23.0 Å². The number of nitrogens with zero attached hydrogens (tertiary/aromatic N) is 1. The quantitative estimate of drug-likeness (QED) is 0.649. The Bertz CT molecular complexity index is 402. The molecule has 0 saturated heterocycles. The Labute approximate surface area is 94.7 Å². The molecule has 0 aliphatic carbocycles. The fourth-order valence-electron chi connectivity index (χ4n) is 1.46. The van der Waals surface area contributed by atoms with Gasteiger partial charge in [0.05, 0.1) is 6.07 Å². The number of nitrogens with one attached hydrogen (secondary N) is 2. The minimum Gasteiger partial charge on any atom is -0.329 e. The zero-order valence-corrected chi connectivity index (χ0v) is 8.85. The van der Waals surface area contributed by atoms with Crippen LogP contribution in [0.3, 0.4) is 0 Å². The van der Waals surface area contributed by atoms with Crippen molar-refractivity contribution in [2.75, 3.05) is 6.54 Å². The van der Waals surface area contributed by atoms with E-state index in [0.717, 1.165) is 17.3 Å². The summed E-state index contributed by atoms with van der Waals surface area (Å²) in [4.78, 5) is 0. The fraction of sp³-hybridized carbons (Fsp3) is 0.250. The van der Waals surface area contributed by atoms with Gasteiger partial charge in [-0.25, -0.2) is 0 Å². The Morgan fingerprint density at radius 2 is 1.75 bits per heavy atom. The summed E-state index contributed by atoms with van der Waals surface area (Å²) in [7, 11) is 0. The lowest BCUT2D eigenvalue weighted by atomic mass is 9.95. The predicted molar refractivity (Wildman–Crippen MR) is 64.2 cm³/mol. The van der Waals surface area contributed by atoms with Gasteiger partial charge in [0.2, 0.25) is 0 Å². The predicted octanol–water partition coefficient (Wildman–Crippen LogP) is 1.64. The maximum Gasteiger partial charge on any atom is 0.106 e. The van der Waals surface area contributed by atoms with Crippen molar-refractivity contribution in [1.82, 2.24) is 0 Å². The van der Waals surface area contributed by atoms with E-state index in [1.165, 1.54) is 6.21 Å². The minimum atomic E-state index is -0.495. The molecule has 16 heavy (non-hydrogen) atoms. The van der Waals surface area contributed by atoms with Gasteiger partial charge in [-0.2, -0.15) is 5.26 Å². The molecule has 0 aliphatic rings. The summed E-state index contributed by atoms with van der Waals surface area (Å²) in [5.74, 6) is -0.570. The molecule has 1 aromatic rings. The van der Waals surface area contributed by atoms with Gasteiger partial charge in [0.25, 0.3) is 0 Å². The Kier molecular flexibility index (Phi) is 4.37. The maximum absolute atomic E-state index is 8.79. The van der Waals surface area contributed by atoms with Crippen molar-refractivity contribution in [3.8, 4) is 6.07 Å². The molecule has 1 rings (SSSR count). The Hall–Kier alpha value is -1.99. The first-order valence-corrected chi connectivity index (χ1v) is 4.97. The van der Waals surface area contributed by atoms with Crippen LogP contribution >= 0.6 is 0 Å². The molecular formula is C12H14N4. The Morgan fingerprint density at radius 1 is 1.19 bits per heavy atom. The van der Waals surface area contributed by atoms with Gasteiger partial charge < -0.3 is 16.6 Å². The number of rotatable bonds is 5. The molecule has 0 fully saturated rings. The zero-order chi connectivity index (χ0) is 12.0. The lowest BCUT2D eigenvalue weighted by Gasteiger charge is -2.10. The van der Waals surface area contributed by atoms with Gasteiger partial charge in [0.1, 0.15) is 5.92 Å². The second-order valence-corrected chi connectivity index (χ2v) is 3.45. The van der Waals surface area contributed by atoms with Crippen molar-refractivity contribution in [3.63, 3.8) is 0 Å². The van der Waals surface area contributed by atoms with Gasteiger partial charge in [-0.15, -0.1) is 0 Å². The Morgan fingerprint density at radius 3 is 2.12 bits per heavy atom. The molecule has 0 aliphatic heterocycles. The van der Waals surface area contributed by atoms with E-state index in [-0.39, 0.29) is 5.92 Å². The standard InChI is InChI=1S/C12H14N4/c13-5-11(6-14)9-1-2-10(4-3-9)12(7-15)8-16/h1-5,7,11-13,15H,6,14H2. The van der Waals surface area contributed by atoms with Crippen molar-refractivity contribution >= 4 is 12.4 Å². The Balaban J connectivity index is 2.95. The van der Waals surface area contributed by atoms with Crippen LogP contribution in [-0.4, -0.2) is 19.0 Å². The first-order chi connectivity index (χ1) is 7.76. The fourth-order valence-corrected chi connectivity index (χ4v) is 1.46. The first-order valence-electron chi connectivity index (χ1n) is 4.97. The molecule has 0 radical (unpaired) electrons. The van der Waals surface area contributed by atoms with Gasteiger partial charge in [0.15, 0.2) is 0 Å². The van der Waals surface area contributed by atoms with Crippen molar-refractivity contribution < 1.29 is 0 Å². The van der Waals surface area contributed by atoms with E-state index in [1.807, 2.05) is 18.2 Å². The van der Waals surface area contributed by atoms with Crippen molar-refractivity contribution in [3.05, 3.63) is 35.4 Å². The number of hydrogen-bond donors (Lipinski definition) is 3. The molecule has 4 heteroatoms. The van der Waals surface area contributed by atoms with Crippen LogP contribution in [0.25, 0.3) is 0 Å². The molecule has 2 unspecified atom stereocenters. The summed E-state index contributed by atoms with van der Waals surface area (Å²) in [6.07, 6.45) is 2.43. The van der Waals surface area contributed by atoms with Gasteiger partial charge >= 0.3 is 0 Å². The van der Waals surface area contributed by atoms with Crippen molar-refractivity contribution in [2.24, 2.45) is 5.73 Å². The van der Waals surface area contributed by atoms with Crippen LogP contribution in [0.15, 0.2) is 24.3 Å². The van der Waals surface area contributed by atoms with Crippen LogP contribution in [0.2, 0.25) is 0 Å². The average Bonchev–Trinajstić information content (AvgIpc) is 2.34. The highest BCUT2D eigenvalue weighted by atomic mass is 14.6. The largest absolute Gasteiger partial charge is 0.329 e. The van der Waals surface area contributed by atoms with Crippen LogP contribution in [0, 0.1) is 22.1 Å². The van der Waals surface area contributed by atoms with Crippen LogP contribution in [-0.2, 0) is 0 Å². The SMILES string of the molecule is N#CC(C=N)c1ccc(C(C=N)CN)cc1. The van der Waals surface area contributed by atoms with E-state index in [9.17, 15) is 0 Å². The lowest BCUT2D eigenvalue weighted by Crippen LogP contribution is -2.13. The summed E-state index contributed by atoms with van der Waals surface area (Å²) >= 11 is 0. The second-order valence-electron chi connectivity index (χ2n) is 3.45. The van der Waals surface area contributed by atoms with E-state index in [4.69, 9.17) is 21.8 Å². The van der Waals surface area contributed by atoms with Gasteiger partial charge in [-0.05, 0) is 11.1 Å². The number of nitrogens with two attached hydrogens (primary N) is 1. The van der Waals surface area contributed by atoms with Crippen molar-refractivity contribution in [1.29, 1.82) is 16.1 Å². The zero-order valence-electron chi connectivity index (χ0n) is 8.85. The first kappa shape index (κ1) is 12.1. The third kappa shape index (κ3) is 2.53. The highest BCUT2D eigenvalue weighted by Crippen LogP contribution is 2.17. The molecule has 4 nitrogen and oxygen atoms in total. The molecule has 0 aromatic heterocycles. The lowest BCUT2D eigenvalue weighted by molar-refractivity contribution is 0.898. The molecular weight excluding hydrogens is 200 g/mol. The van der Waals surface area contributed by atoms with E-state index in [1.54, 1.807) is 12.1 Å². The third-order valence-electron chi connectivity index (χ3n) is 2.48. The summed E-state index contributed by atoms with van der Waals surface area (Å²) in [6.45, 7) is 0.398. The molecule has 4 N–H and O–H groups in total. The summed E-state index contributed by atoms with van der Waals surface area (Å²) in [5, 5.41) is 23.1. The summed E-state index contributed by atoms with van der Waals surface area (Å²) < 4.78 is 0. The molecule has 0 bridgehead atoms. The molecule has 0 spiro atoms. The van der Waals surface area contributed by atoms with Crippen LogP contribution in [0.5, 0.6) is 0 Å². The summed E-state index contributed by atoms with van der Waals surface area (Å²) in [5.41, 5.74) is 7.28. The number of benzene rings is 1. The second kappa shape index (κ2) is 5.79. The molecule has 2 atom stereocenters. The molecule has 0 heterocycles. The van der Waals surface area contributed by atoms with Gasteiger partial charge in [-0.3, -0.25) is 0 Å². The van der Waals surface area contributed by atoms with E-state index < -0.39 is 5.92 Å². The number of hydrogen-bond acceptors (Lipinski definition) is 4. The molecule has 0 amide bonds. The smallest absolute Gasteiger partial charge is 0.106 e. The number of nitriles is 1. The topological polar surface area (TPSA) is 97.5 Å². The minimum absolute atomic E-state index is 0.0745. The van der Waals surface area contributed by atoms with Gasteiger partial charge in [-0.1, -0.05) is 24.3 Å². The van der Waals surface area contributed by atoms with Gasteiger partial charge in [0, 0.05) is 24.9 Å².